The maximum absolute atomic E-state index is 6.32. The van der Waals surface area contributed by atoms with Gasteiger partial charge in [-0.15, -0.1) is 0 Å². The number of hydrogen-bond donors (Lipinski definition) is 2. The molecule has 32 heavy (non-hydrogen) atoms. The average Bonchev–Trinajstić information content (AvgIpc) is 3.03. The van der Waals surface area contributed by atoms with Crippen molar-refractivity contribution in [3.05, 3.63) is 69.0 Å². The Morgan fingerprint density at radius 1 is 1.06 bits per heavy atom. The van der Waals surface area contributed by atoms with Gasteiger partial charge >= 0.3 is 0 Å². The molecular weight excluding hydrogens is 467 g/mol. The van der Waals surface area contributed by atoms with Gasteiger partial charge in [0, 0.05) is 22.2 Å². The number of aryl methyl sites for hydroxylation is 1. The second kappa shape index (κ2) is 10.9. The second-order valence-corrected chi connectivity index (χ2v) is 8.45. The van der Waals surface area contributed by atoms with Gasteiger partial charge in [-0.2, -0.15) is 5.10 Å². The summed E-state index contributed by atoms with van der Waals surface area (Å²) in [6.07, 6.45) is 0.782. The predicted octanol–water partition coefficient (Wildman–Crippen LogP) is 5.40. The molecule has 1 heterocycles. The Labute approximate surface area is 203 Å². The molecule has 0 saturated heterocycles. The van der Waals surface area contributed by atoms with Crippen molar-refractivity contribution in [2.24, 2.45) is 0 Å². The van der Waals surface area contributed by atoms with E-state index >= 15 is 0 Å². The molecule has 6 nitrogen and oxygen atoms in total. The predicted molar refractivity (Wildman–Crippen MR) is 135 cm³/mol. The van der Waals surface area contributed by atoms with E-state index in [1.54, 1.807) is 14.2 Å². The molecule has 0 radical (unpaired) electrons. The standard InChI is InChI=1S/C23H26Cl2N4O2S/c1-14-22(15(2)29(28-14)13-17-18(24)6-5-7-19(17)25)27-23(32)26-11-10-16-8-9-20(30-3)21(12-16)31-4/h5-9,12H,10-11,13H2,1-4H3,(H2,26,27,32). The minimum Gasteiger partial charge on any atom is -0.493 e. The van der Waals surface area contributed by atoms with Crippen LogP contribution >= 0.6 is 35.4 Å². The van der Waals surface area contributed by atoms with Gasteiger partial charge in [0.1, 0.15) is 0 Å². The van der Waals surface area contributed by atoms with Crippen LogP contribution in [0.3, 0.4) is 0 Å². The summed E-state index contributed by atoms with van der Waals surface area (Å²) in [6, 6.07) is 11.4. The Morgan fingerprint density at radius 2 is 1.75 bits per heavy atom. The van der Waals surface area contributed by atoms with E-state index in [9.17, 15) is 0 Å². The van der Waals surface area contributed by atoms with E-state index in [0.717, 1.165) is 34.6 Å². The third-order valence-corrected chi connectivity index (χ3v) is 6.09. The van der Waals surface area contributed by atoms with E-state index in [0.29, 0.717) is 39.7 Å². The van der Waals surface area contributed by atoms with E-state index in [-0.39, 0.29) is 0 Å². The molecule has 0 saturated carbocycles. The number of aromatic nitrogens is 2. The second-order valence-electron chi connectivity index (χ2n) is 7.22. The molecule has 0 aliphatic carbocycles. The van der Waals surface area contributed by atoms with Gasteiger partial charge in [-0.05, 0) is 62.3 Å². The van der Waals surface area contributed by atoms with Crippen LogP contribution in [0.4, 0.5) is 5.69 Å². The highest BCUT2D eigenvalue weighted by atomic mass is 35.5. The van der Waals surface area contributed by atoms with Crippen molar-refractivity contribution in [3.8, 4) is 11.5 Å². The molecule has 2 N–H and O–H groups in total. The first-order chi connectivity index (χ1) is 15.3. The summed E-state index contributed by atoms with van der Waals surface area (Å²) < 4.78 is 12.5. The number of ether oxygens (including phenoxy) is 2. The summed E-state index contributed by atoms with van der Waals surface area (Å²) in [5, 5.41) is 12.9. The van der Waals surface area contributed by atoms with Crippen molar-refractivity contribution in [3.63, 3.8) is 0 Å². The molecule has 3 rings (SSSR count). The number of benzene rings is 2. The van der Waals surface area contributed by atoms with Crippen molar-refractivity contribution >= 4 is 46.2 Å². The topological polar surface area (TPSA) is 60.3 Å². The zero-order chi connectivity index (χ0) is 23.3. The van der Waals surface area contributed by atoms with Gasteiger partial charge in [-0.1, -0.05) is 35.3 Å². The van der Waals surface area contributed by atoms with Gasteiger partial charge in [0.05, 0.1) is 37.8 Å². The summed E-state index contributed by atoms with van der Waals surface area (Å²) in [5.41, 5.74) is 4.62. The zero-order valence-corrected chi connectivity index (χ0v) is 20.8. The summed E-state index contributed by atoms with van der Waals surface area (Å²) in [4.78, 5) is 0. The van der Waals surface area contributed by atoms with Crippen molar-refractivity contribution in [2.45, 2.75) is 26.8 Å². The Hall–Kier alpha value is -2.48. The van der Waals surface area contributed by atoms with Gasteiger partial charge < -0.3 is 20.1 Å². The lowest BCUT2D eigenvalue weighted by atomic mass is 10.1. The number of rotatable bonds is 8. The first-order valence-electron chi connectivity index (χ1n) is 10.1. The van der Waals surface area contributed by atoms with E-state index < -0.39 is 0 Å². The maximum atomic E-state index is 6.32. The van der Waals surface area contributed by atoms with Crippen LogP contribution in [0, 0.1) is 13.8 Å². The monoisotopic (exact) mass is 492 g/mol. The normalized spacial score (nSPS) is 10.7. The number of halogens is 2. The van der Waals surface area contributed by atoms with Gasteiger partial charge in [0.15, 0.2) is 16.6 Å². The Kier molecular flexibility index (Phi) is 8.23. The van der Waals surface area contributed by atoms with Crippen LogP contribution < -0.4 is 20.1 Å². The quantitative estimate of drug-likeness (QED) is 0.410. The van der Waals surface area contributed by atoms with E-state index in [4.69, 9.17) is 44.9 Å². The smallest absolute Gasteiger partial charge is 0.170 e. The van der Waals surface area contributed by atoms with Crippen molar-refractivity contribution < 1.29 is 9.47 Å². The molecule has 1 aromatic heterocycles. The fourth-order valence-corrected chi connectivity index (χ4v) is 4.10. The molecule has 0 amide bonds. The summed E-state index contributed by atoms with van der Waals surface area (Å²) in [5.74, 6) is 1.42. The molecular formula is C23H26Cl2N4O2S. The average molecular weight is 493 g/mol. The fourth-order valence-electron chi connectivity index (χ4n) is 3.38. The third kappa shape index (κ3) is 5.65. The minimum absolute atomic E-state index is 0.479. The van der Waals surface area contributed by atoms with Crippen LogP contribution in [0.2, 0.25) is 10.0 Å². The first-order valence-corrected chi connectivity index (χ1v) is 11.2. The van der Waals surface area contributed by atoms with E-state index in [2.05, 4.69) is 15.7 Å². The van der Waals surface area contributed by atoms with Crippen molar-refractivity contribution in [2.75, 3.05) is 26.1 Å². The number of thiocarbonyl (C=S) groups is 1. The van der Waals surface area contributed by atoms with Crippen LogP contribution in [0.5, 0.6) is 11.5 Å². The lowest BCUT2D eigenvalue weighted by Gasteiger charge is -2.13. The highest BCUT2D eigenvalue weighted by molar-refractivity contribution is 7.80. The highest BCUT2D eigenvalue weighted by Gasteiger charge is 2.15. The van der Waals surface area contributed by atoms with Crippen LogP contribution in [-0.2, 0) is 13.0 Å². The van der Waals surface area contributed by atoms with Crippen LogP contribution in [0.1, 0.15) is 22.5 Å². The minimum atomic E-state index is 0.479. The van der Waals surface area contributed by atoms with E-state index in [1.165, 1.54) is 0 Å². The van der Waals surface area contributed by atoms with Crippen molar-refractivity contribution in [1.82, 2.24) is 15.1 Å². The molecule has 0 atom stereocenters. The SMILES string of the molecule is COc1ccc(CCNC(=S)Nc2c(C)nn(Cc3c(Cl)cccc3Cl)c2C)cc1OC. The molecule has 2 aromatic carbocycles. The number of hydrogen-bond acceptors (Lipinski definition) is 4. The number of anilines is 1. The molecule has 0 aliphatic heterocycles. The van der Waals surface area contributed by atoms with Gasteiger partial charge in [0.25, 0.3) is 0 Å². The van der Waals surface area contributed by atoms with Gasteiger partial charge in [-0.3, -0.25) is 4.68 Å². The summed E-state index contributed by atoms with van der Waals surface area (Å²) in [6.45, 7) is 5.07. The lowest BCUT2D eigenvalue weighted by molar-refractivity contribution is 0.354. The number of nitrogens with zero attached hydrogens (tertiary/aromatic N) is 2. The van der Waals surface area contributed by atoms with Crippen LogP contribution in [0.25, 0.3) is 0 Å². The molecule has 9 heteroatoms. The largest absolute Gasteiger partial charge is 0.493 e. The van der Waals surface area contributed by atoms with Crippen molar-refractivity contribution in [1.29, 1.82) is 0 Å². The van der Waals surface area contributed by atoms with Crippen LogP contribution in [-0.4, -0.2) is 35.7 Å². The molecule has 0 spiro atoms. The highest BCUT2D eigenvalue weighted by Crippen LogP contribution is 2.28. The summed E-state index contributed by atoms with van der Waals surface area (Å²) in [7, 11) is 3.25. The molecule has 170 valence electrons. The number of methoxy groups -OCH3 is 2. The van der Waals surface area contributed by atoms with Crippen LogP contribution in [0.15, 0.2) is 36.4 Å². The first kappa shape index (κ1) is 24.2. The molecule has 0 unspecified atom stereocenters. The molecule has 0 aliphatic rings. The maximum Gasteiger partial charge on any atom is 0.170 e. The molecule has 3 aromatic rings. The van der Waals surface area contributed by atoms with E-state index in [1.807, 2.05) is 54.9 Å². The fraction of sp³-hybridized carbons (Fsp3) is 0.304. The van der Waals surface area contributed by atoms with Gasteiger partial charge in [-0.25, -0.2) is 0 Å². The molecule has 0 fully saturated rings. The third-order valence-electron chi connectivity index (χ3n) is 5.14. The number of nitrogens with one attached hydrogen (secondary N) is 2. The Bertz CT molecular complexity index is 1100. The Morgan fingerprint density at radius 3 is 2.41 bits per heavy atom. The lowest BCUT2D eigenvalue weighted by Crippen LogP contribution is -2.30. The molecule has 0 bridgehead atoms. The van der Waals surface area contributed by atoms with Gasteiger partial charge in [0.2, 0.25) is 0 Å². The Balaban J connectivity index is 1.61. The zero-order valence-electron chi connectivity index (χ0n) is 18.5. The summed E-state index contributed by atoms with van der Waals surface area (Å²) >= 11 is 18.1.